The van der Waals surface area contributed by atoms with E-state index in [1.807, 2.05) is 24.3 Å². The van der Waals surface area contributed by atoms with E-state index in [1.165, 1.54) is 0 Å². The van der Waals surface area contributed by atoms with Crippen molar-refractivity contribution in [3.05, 3.63) is 24.3 Å². The molecule has 78 valence electrons. The zero-order valence-electron chi connectivity index (χ0n) is 8.49. The van der Waals surface area contributed by atoms with E-state index < -0.39 is 5.54 Å². The average Bonchev–Trinajstić information content (AvgIpc) is 2.24. The number of para-hydroxylation sites is 2. The van der Waals surface area contributed by atoms with Gasteiger partial charge in [0.15, 0.2) is 5.54 Å². The van der Waals surface area contributed by atoms with E-state index in [2.05, 4.69) is 11.4 Å². The summed E-state index contributed by atoms with van der Waals surface area (Å²) in [6.07, 6.45) is 0. The molecule has 1 aliphatic heterocycles. The molecule has 1 aliphatic rings. The first kappa shape index (κ1) is 9.81. The Labute approximate surface area is 88.4 Å². The number of nitrogens with zero attached hydrogens (tertiary/aromatic N) is 1. The van der Waals surface area contributed by atoms with Gasteiger partial charge in [0.25, 0.3) is 0 Å². The van der Waals surface area contributed by atoms with Gasteiger partial charge < -0.3 is 14.8 Å². The number of anilines is 1. The normalized spacial score (nSPS) is 17.3. The molecule has 1 saturated heterocycles. The smallest absolute Gasteiger partial charge is 0.172 e. The van der Waals surface area contributed by atoms with Crippen molar-refractivity contribution in [2.75, 3.05) is 25.6 Å². The van der Waals surface area contributed by atoms with Gasteiger partial charge in [0, 0.05) is 0 Å². The van der Waals surface area contributed by atoms with Crippen molar-refractivity contribution < 1.29 is 9.47 Å². The van der Waals surface area contributed by atoms with E-state index >= 15 is 0 Å². The number of benzene rings is 1. The minimum Gasteiger partial charge on any atom is -0.495 e. The zero-order chi connectivity index (χ0) is 10.7. The summed E-state index contributed by atoms with van der Waals surface area (Å²) in [4.78, 5) is 0. The van der Waals surface area contributed by atoms with Crippen molar-refractivity contribution in [1.82, 2.24) is 0 Å². The zero-order valence-corrected chi connectivity index (χ0v) is 8.49. The van der Waals surface area contributed by atoms with Gasteiger partial charge in [-0.25, -0.2) is 0 Å². The van der Waals surface area contributed by atoms with Crippen LogP contribution in [0.4, 0.5) is 5.69 Å². The Kier molecular flexibility index (Phi) is 2.48. The number of nitriles is 1. The summed E-state index contributed by atoms with van der Waals surface area (Å²) in [5.74, 6) is 0.735. The summed E-state index contributed by atoms with van der Waals surface area (Å²) < 4.78 is 10.2. The Morgan fingerprint density at radius 2 is 2.20 bits per heavy atom. The fourth-order valence-electron chi connectivity index (χ4n) is 1.48. The maximum atomic E-state index is 9.03. The van der Waals surface area contributed by atoms with E-state index in [-0.39, 0.29) is 0 Å². The molecule has 4 nitrogen and oxygen atoms in total. The Morgan fingerprint density at radius 1 is 1.47 bits per heavy atom. The fraction of sp³-hybridized carbons (Fsp3) is 0.364. The standard InChI is InChI=1S/C11H12N2O2/c1-14-10-5-3-2-4-9(10)13-11(6-12)7-15-8-11/h2-5,13H,7-8H2,1H3. The predicted molar refractivity (Wildman–Crippen MR) is 55.8 cm³/mol. The van der Waals surface area contributed by atoms with Gasteiger partial charge in [0.2, 0.25) is 0 Å². The molecule has 1 heterocycles. The van der Waals surface area contributed by atoms with Gasteiger partial charge >= 0.3 is 0 Å². The predicted octanol–water partition coefficient (Wildman–Crippen LogP) is 1.40. The highest BCUT2D eigenvalue weighted by atomic mass is 16.5. The second-order valence-electron chi connectivity index (χ2n) is 3.51. The Morgan fingerprint density at radius 3 is 2.73 bits per heavy atom. The van der Waals surface area contributed by atoms with Crippen LogP contribution in [0.5, 0.6) is 5.75 Å². The highest BCUT2D eigenvalue weighted by Crippen LogP contribution is 2.29. The first-order valence-corrected chi connectivity index (χ1v) is 4.70. The minimum absolute atomic E-state index is 0.418. The molecule has 1 aromatic carbocycles. The largest absolute Gasteiger partial charge is 0.495 e. The number of methoxy groups -OCH3 is 1. The second-order valence-corrected chi connectivity index (χ2v) is 3.51. The molecule has 0 amide bonds. The summed E-state index contributed by atoms with van der Waals surface area (Å²) in [6, 6.07) is 9.75. The third kappa shape index (κ3) is 1.74. The molecule has 0 saturated carbocycles. The number of nitrogens with one attached hydrogen (secondary N) is 1. The van der Waals surface area contributed by atoms with Crippen molar-refractivity contribution in [3.63, 3.8) is 0 Å². The molecule has 0 aliphatic carbocycles. The van der Waals surface area contributed by atoms with Crippen LogP contribution in [0.15, 0.2) is 24.3 Å². The third-order valence-electron chi connectivity index (χ3n) is 2.39. The second kappa shape index (κ2) is 3.79. The van der Waals surface area contributed by atoms with Crippen LogP contribution in [-0.4, -0.2) is 25.9 Å². The van der Waals surface area contributed by atoms with E-state index in [4.69, 9.17) is 14.7 Å². The van der Waals surface area contributed by atoms with Gasteiger partial charge in [0.1, 0.15) is 5.75 Å². The third-order valence-corrected chi connectivity index (χ3v) is 2.39. The molecule has 0 unspecified atom stereocenters. The van der Waals surface area contributed by atoms with Crippen LogP contribution in [-0.2, 0) is 4.74 Å². The average molecular weight is 204 g/mol. The van der Waals surface area contributed by atoms with Crippen molar-refractivity contribution in [1.29, 1.82) is 5.26 Å². The number of rotatable bonds is 3. The van der Waals surface area contributed by atoms with Crippen LogP contribution in [0.3, 0.4) is 0 Å². The molecule has 0 radical (unpaired) electrons. The highest BCUT2D eigenvalue weighted by Gasteiger charge is 2.39. The first-order valence-electron chi connectivity index (χ1n) is 4.70. The summed E-state index contributed by atoms with van der Waals surface area (Å²) in [6.45, 7) is 0.836. The lowest BCUT2D eigenvalue weighted by Gasteiger charge is -2.36. The maximum Gasteiger partial charge on any atom is 0.172 e. The van der Waals surface area contributed by atoms with Gasteiger partial charge in [-0.1, -0.05) is 12.1 Å². The topological polar surface area (TPSA) is 54.3 Å². The fourth-order valence-corrected chi connectivity index (χ4v) is 1.48. The lowest BCUT2D eigenvalue weighted by molar-refractivity contribution is -0.0133. The highest BCUT2D eigenvalue weighted by molar-refractivity contribution is 5.59. The maximum absolute atomic E-state index is 9.03. The molecule has 0 atom stereocenters. The van der Waals surface area contributed by atoms with Gasteiger partial charge in [-0.3, -0.25) is 0 Å². The number of hydrogen-bond acceptors (Lipinski definition) is 4. The molecular weight excluding hydrogens is 192 g/mol. The summed E-state index contributed by atoms with van der Waals surface area (Å²) >= 11 is 0. The Balaban J connectivity index is 2.20. The lowest BCUT2D eigenvalue weighted by Crippen LogP contribution is -2.54. The van der Waals surface area contributed by atoms with Gasteiger partial charge in [-0.15, -0.1) is 0 Å². The van der Waals surface area contributed by atoms with Crippen LogP contribution in [0, 0.1) is 11.3 Å². The molecule has 1 aromatic rings. The van der Waals surface area contributed by atoms with Crippen molar-refractivity contribution in [3.8, 4) is 11.8 Å². The SMILES string of the molecule is COc1ccccc1NC1(C#N)COC1. The van der Waals surface area contributed by atoms with Crippen molar-refractivity contribution in [2.45, 2.75) is 5.54 Å². The van der Waals surface area contributed by atoms with E-state index in [1.54, 1.807) is 7.11 Å². The lowest BCUT2D eigenvalue weighted by atomic mass is 9.99. The summed E-state index contributed by atoms with van der Waals surface area (Å²) in [5.41, 5.74) is 0.235. The van der Waals surface area contributed by atoms with E-state index in [0.29, 0.717) is 13.2 Å². The van der Waals surface area contributed by atoms with E-state index in [9.17, 15) is 0 Å². The summed E-state index contributed by atoms with van der Waals surface area (Å²) in [5, 5.41) is 12.2. The molecule has 2 rings (SSSR count). The van der Waals surface area contributed by atoms with Crippen LogP contribution < -0.4 is 10.1 Å². The molecule has 0 bridgehead atoms. The van der Waals surface area contributed by atoms with Crippen LogP contribution in [0.2, 0.25) is 0 Å². The van der Waals surface area contributed by atoms with E-state index in [0.717, 1.165) is 11.4 Å². The first-order chi connectivity index (χ1) is 7.29. The molecular formula is C11H12N2O2. The Bertz CT molecular complexity index is 394. The molecule has 4 heteroatoms. The van der Waals surface area contributed by atoms with Gasteiger partial charge in [0.05, 0.1) is 32.1 Å². The molecule has 1 N–H and O–H groups in total. The molecule has 0 spiro atoms. The monoisotopic (exact) mass is 204 g/mol. The van der Waals surface area contributed by atoms with Crippen LogP contribution in [0.25, 0.3) is 0 Å². The number of ether oxygens (including phenoxy) is 2. The minimum atomic E-state index is -0.589. The molecule has 0 aromatic heterocycles. The van der Waals surface area contributed by atoms with Crippen LogP contribution in [0.1, 0.15) is 0 Å². The van der Waals surface area contributed by atoms with Gasteiger partial charge in [-0.2, -0.15) is 5.26 Å². The number of hydrogen-bond donors (Lipinski definition) is 1. The van der Waals surface area contributed by atoms with Crippen LogP contribution >= 0.6 is 0 Å². The van der Waals surface area contributed by atoms with Crippen molar-refractivity contribution in [2.24, 2.45) is 0 Å². The Hall–Kier alpha value is -1.73. The molecule has 15 heavy (non-hydrogen) atoms. The van der Waals surface area contributed by atoms with Gasteiger partial charge in [-0.05, 0) is 12.1 Å². The quantitative estimate of drug-likeness (QED) is 0.808. The molecule has 1 fully saturated rings. The summed E-state index contributed by atoms with van der Waals surface area (Å²) in [7, 11) is 1.61. The van der Waals surface area contributed by atoms with Crippen molar-refractivity contribution >= 4 is 5.69 Å².